The van der Waals surface area contributed by atoms with Gasteiger partial charge in [-0.2, -0.15) is 0 Å². The minimum Gasteiger partial charge on any atom is -0.493 e. The Bertz CT molecular complexity index is 516. The summed E-state index contributed by atoms with van der Waals surface area (Å²) >= 11 is 0. The molecule has 1 fully saturated rings. The van der Waals surface area contributed by atoms with Gasteiger partial charge in [-0.05, 0) is 18.9 Å². The number of anilines is 1. The van der Waals surface area contributed by atoms with E-state index in [-0.39, 0.29) is 5.91 Å². The van der Waals surface area contributed by atoms with Gasteiger partial charge in [0, 0.05) is 25.2 Å². The predicted molar refractivity (Wildman–Crippen MR) is 72.1 cm³/mol. The average Bonchev–Trinajstić information content (AvgIpc) is 2.87. The van der Waals surface area contributed by atoms with E-state index in [1.54, 1.807) is 20.3 Å². The van der Waals surface area contributed by atoms with Crippen LogP contribution < -0.4 is 14.8 Å². The molecule has 5 nitrogen and oxygen atoms in total. The van der Waals surface area contributed by atoms with E-state index in [1.165, 1.54) is 0 Å². The average molecular weight is 262 g/mol. The summed E-state index contributed by atoms with van der Waals surface area (Å²) in [5.74, 6) is 1.32. The zero-order valence-corrected chi connectivity index (χ0v) is 11.2. The lowest BCUT2D eigenvalue weighted by Crippen LogP contribution is -2.36. The molecule has 1 atom stereocenters. The van der Waals surface area contributed by atoms with Gasteiger partial charge in [-0.15, -0.1) is 0 Å². The molecule has 2 heterocycles. The van der Waals surface area contributed by atoms with E-state index < -0.39 is 0 Å². The number of nitrogens with zero attached hydrogens (tertiary/aromatic N) is 1. The molecule has 1 amide bonds. The lowest BCUT2D eigenvalue weighted by molar-refractivity contribution is 0.0750. The van der Waals surface area contributed by atoms with Crippen LogP contribution in [0.5, 0.6) is 11.5 Å². The van der Waals surface area contributed by atoms with Gasteiger partial charge in [0.15, 0.2) is 11.5 Å². The number of carbonyl (C=O) groups excluding carboxylic acids is 1. The molecule has 0 saturated carbocycles. The van der Waals surface area contributed by atoms with Crippen LogP contribution in [0.1, 0.15) is 23.2 Å². The highest BCUT2D eigenvalue weighted by atomic mass is 16.5. The van der Waals surface area contributed by atoms with E-state index in [0.29, 0.717) is 23.1 Å². The monoisotopic (exact) mass is 262 g/mol. The van der Waals surface area contributed by atoms with Crippen LogP contribution in [-0.2, 0) is 0 Å². The number of ether oxygens (including phenoxy) is 2. The first kappa shape index (κ1) is 12.1. The molecule has 0 aromatic heterocycles. The summed E-state index contributed by atoms with van der Waals surface area (Å²) in [7, 11) is 3.18. The normalized spacial score (nSPS) is 21.3. The fraction of sp³-hybridized carbons (Fsp3) is 0.500. The summed E-state index contributed by atoms with van der Waals surface area (Å²) in [6.07, 6.45) is 2.15. The van der Waals surface area contributed by atoms with Gasteiger partial charge in [-0.1, -0.05) is 0 Å². The molecule has 3 rings (SSSR count). The molecule has 0 unspecified atom stereocenters. The van der Waals surface area contributed by atoms with Gasteiger partial charge in [-0.25, -0.2) is 0 Å². The molecule has 0 spiro atoms. The van der Waals surface area contributed by atoms with Crippen molar-refractivity contribution < 1.29 is 14.3 Å². The summed E-state index contributed by atoms with van der Waals surface area (Å²) in [5, 5.41) is 3.35. The van der Waals surface area contributed by atoms with Gasteiger partial charge in [0.1, 0.15) is 0 Å². The zero-order chi connectivity index (χ0) is 13.4. The molecule has 0 aliphatic carbocycles. The number of benzene rings is 1. The standard InChI is InChI=1S/C14H18N2O3/c1-18-12-6-10-11(7-13(12)19-2)15-8-9-4-3-5-16(9)14(10)17/h6-7,9,15H,3-5,8H2,1-2H3/t9-/m0/s1. The SMILES string of the molecule is COc1cc2c(cc1OC)C(=O)N1CCC[C@H]1CN2. The smallest absolute Gasteiger partial charge is 0.256 e. The quantitative estimate of drug-likeness (QED) is 0.882. The van der Waals surface area contributed by atoms with Crippen LogP contribution in [0.25, 0.3) is 0 Å². The molecule has 102 valence electrons. The second-order valence-corrected chi connectivity index (χ2v) is 4.93. The molecule has 0 radical (unpaired) electrons. The third kappa shape index (κ3) is 1.89. The fourth-order valence-corrected chi connectivity index (χ4v) is 2.90. The van der Waals surface area contributed by atoms with Crippen molar-refractivity contribution >= 4 is 11.6 Å². The highest BCUT2D eigenvalue weighted by Crippen LogP contribution is 2.36. The van der Waals surface area contributed by atoms with Crippen LogP contribution in [0.15, 0.2) is 12.1 Å². The van der Waals surface area contributed by atoms with Crippen LogP contribution in [0, 0.1) is 0 Å². The molecule has 2 aliphatic rings. The number of rotatable bonds is 2. The molecule has 1 saturated heterocycles. The zero-order valence-electron chi connectivity index (χ0n) is 11.2. The number of hydrogen-bond acceptors (Lipinski definition) is 4. The number of fused-ring (bicyclic) bond motifs is 2. The van der Waals surface area contributed by atoms with Crippen molar-refractivity contribution in [2.45, 2.75) is 18.9 Å². The summed E-state index contributed by atoms with van der Waals surface area (Å²) in [5.41, 5.74) is 1.50. The number of nitrogens with one attached hydrogen (secondary N) is 1. The fourth-order valence-electron chi connectivity index (χ4n) is 2.90. The first-order valence-corrected chi connectivity index (χ1v) is 6.55. The van der Waals surface area contributed by atoms with Gasteiger partial charge in [0.2, 0.25) is 0 Å². The van der Waals surface area contributed by atoms with Crippen molar-refractivity contribution in [1.82, 2.24) is 4.90 Å². The van der Waals surface area contributed by atoms with Crippen molar-refractivity contribution in [3.63, 3.8) is 0 Å². The second-order valence-electron chi connectivity index (χ2n) is 4.93. The van der Waals surface area contributed by atoms with Crippen LogP contribution in [0.3, 0.4) is 0 Å². The van der Waals surface area contributed by atoms with Crippen molar-refractivity contribution in [1.29, 1.82) is 0 Å². The largest absolute Gasteiger partial charge is 0.493 e. The Labute approximate surface area is 112 Å². The Morgan fingerprint density at radius 2 is 2.00 bits per heavy atom. The van der Waals surface area contributed by atoms with Crippen LogP contribution in [0.4, 0.5) is 5.69 Å². The maximum atomic E-state index is 12.6. The van der Waals surface area contributed by atoms with E-state index in [0.717, 1.165) is 31.6 Å². The lowest BCUT2D eigenvalue weighted by atomic mass is 10.1. The predicted octanol–water partition coefficient (Wildman–Crippen LogP) is 1.73. The van der Waals surface area contributed by atoms with Crippen molar-refractivity contribution in [3.8, 4) is 11.5 Å². The molecule has 1 N–H and O–H groups in total. The van der Waals surface area contributed by atoms with E-state index in [2.05, 4.69) is 5.32 Å². The lowest BCUT2D eigenvalue weighted by Gasteiger charge is -2.21. The number of carbonyl (C=O) groups is 1. The molecule has 0 bridgehead atoms. The van der Waals surface area contributed by atoms with Crippen LogP contribution in [0.2, 0.25) is 0 Å². The Hall–Kier alpha value is -1.91. The Morgan fingerprint density at radius 3 is 2.74 bits per heavy atom. The number of amides is 1. The third-order valence-corrected chi connectivity index (χ3v) is 3.92. The number of methoxy groups -OCH3 is 2. The first-order valence-electron chi connectivity index (χ1n) is 6.55. The maximum absolute atomic E-state index is 12.6. The van der Waals surface area contributed by atoms with E-state index in [4.69, 9.17) is 9.47 Å². The summed E-state index contributed by atoms with van der Waals surface area (Å²) in [6, 6.07) is 3.91. The highest BCUT2D eigenvalue weighted by molar-refractivity contribution is 6.01. The summed E-state index contributed by atoms with van der Waals surface area (Å²) in [4.78, 5) is 14.5. The Morgan fingerprint density at radius 1 is 1.26 bits per heavy atom. The maximum Gasteiger partial charge on any atom is 0.256 e. The van der Waals surface area contributed by atoms with Crippen molar-refractivity contribution in [2.24, 2.45) is 0 Å². The minimum atomic E-state index is 0.0865. The second kappa shape index (κ2) is 4.64. The molecule has 19 heavy (non-hydrogen) atoms. The topological polar surface area (TPSA) is 50.8 Å². The summed E-state index contributed by atoms with van der Waals surface area (Å²) < 4.78 is 10.6. The highest BCUT2D eigenvalue weighted by Gasteiger charge is 2.33. The van der Waals surface area contributed by atoms with Crippen LogP contribution >= 0.6 is 0 Å². The molecule has 5 heteroatoms. The van der Waals surface area contributed by atoms with Gasteiger partial charge in [0.05, 0.1) is 25.5 Å². The van der Waals surface area contributed by atoms with Crippen molar-refractivity contribution in [3.05, 3.63) is 17.7 Å². The van der Waals surface area contributed by atoms with Gasteiger partial charge >= 0.3 is 0 Å². The molecule has 1 aromatic carbocycles. The van der Waals surface area contributed by atoms with E-state index >= 15 is 0 Å². The van der Waals surface area contributed by atoms with Gasteiger partial charge in [0.25, 0.3) is 5.91 Å². The Balaban J connectivity index is 2.06. The summed E-state index contributed by atoms with van der Waals surface area (Å²) in [6.45, 7) is 1.65. The molecule has 2 aliphatic heterocycles. The molecular weight excluding hydrogens is 244 g/mol. The van der Waals surface area contributed by atoms with Crippen molar-refractivity contribution in [2.75, 3.05) is 32.6 Å². The molecular formula is C14H18N2O3. The van der Waals surface area contributed by atoms with E-state index in [9.17, 15) is 4.79 Å². The van der Waals surface area contributed by atoms with E-state index in [1.807, 2.05) is 11.0 Å². The van der Waals surface area contributed by atoms with Gasteiger partial charge < -0.3 is 19.7 Å². The van der Waals surface area contributed by atoms with Crippen LogP contribution in [-0.4, -0.2) is 44.2 Å². The Kier molecular flexibility index (Phi) is 2.97. The third-order valence-electron chi connectivity index (χ3n) is 3.92. The minimum absolute atomic E-state index is 0.0865. The molecule has 1 aromatic rings. The van der Waals surface area contributed by atoms with Gasteiger partial charge in [-0.3, -0.25) is 4.79 Å². The number of hydrogen-bond donors (Lipinski definition) is 1. The first-order chi connectivity index (χ1) is 9.24.